The maximum absolute atomic E-state index is 12.6. The molecule has 0 saturated carbocycles. The van der Waals surface area contributed by atoms with E-state index in [1.54, 1.807) is 6.92 Å². The zero-order chi connectivity index (χ0) is 21.1. The molecule has 2 rings (SSSR count). The third-order valence-electron chi connectivity index (χ3n) is 3.97. The van der Waals surface area contributed by atoms with Crippen molar-refractivity contribution in [3.63, 3.8) is 0 Å². The highest BCUT2D eigenvalue weighted by atomic mass is 32.2. The van der Waals surface area contributed by atoms with Gasteiger partial charge in [-0.15, -0.1) is 11.3 Å². The van der Waals surface area contributed by atoms with Gasteiger partial charge >= 0.3 is 11.9 Å². The number of benzene rings is 1. The molecule has 2 aromatic rings. The molecular formula is C18H19NO7S2. The Bertz CT molecular complexity index is 1040. The van der Waals surface area contributed by atoms with Crippen LogP contribution in [-0.4, -0.2) is 46.2 Å². The number of rotatable bonds is 6. The molecule has 0 fully saturated rings. The summed E-state index contributed by atoms with van der Waals surface area (Å²) >= 11 is 0.874. The van der Waals surface area contributed by atoms with Crippen LogP contribution in [-0.2, 0) is 19.3 Å². The van der Waals surface area contributed by atoms with Crippen molar-refractivity contribution in [3.8, 4) is 0 Å². The quantitative estimate of drug-likeness (QED) is 0.707. The Kier molecular flexibility index (Phi) is 6.57. The minimum atomic E-state index is -3.48. The van der Waals surface area contributed by atoms with Gasteiger partial charge in [-0.25, -0.2) is 18.0 Å². The highest BCUT2D eigenvalue weighted by molar-refractivity contribution is 7.91. The molecule has 1 aromatic heterocycles. The second kappa shape index (κ2) is 8.53. The van der Waals surface area contributed by atoms with Gasteiger partial charge in [-0.1, -0.05) is 13.0 Å². The molecule has 0 bridgehead atoms. The van der Waals surface area contributed by atoms with Crippen LogP contribution in [0.5, 0.6) is 0 Å². The van der Waals surface area contributed by atoms with Gasteiger partial charge in [0, 0.05) is 5.56 Å². The van der Waals surface area contributed by atoms with E-state index in [2.05, 4.69) is 5.32 Å². The second-order valence-corrected chi connectivity index (χ2v) is 8.93. The summed E-state index contributed by atoms with van der Waals surface area (Å²) < 4.78 is 33.5. The number of carbonyl (C=O) groups excluding carboxylic acids is 3. The molecule has 0 aliphatic carbocycles. The van der Waals surface area contributed by atoms with Crippen LogP contribution in [0.15, 0.2) is 29.2 Å². The highest BCUT2D eigenvalue weighted by Gasteiger charge is 2.27. The summed E-state index contributed by atoms with van der Waals surface area (Å²) in [7, 11) is -1.09. The SMILES string of the molecule is CCS(=O)(=O)c1cccc(C(=O)Nc2sc(C(=O)OC)c(C)c2C(=O)OC)c1. The molecular weight excluding hydrogens is 406 g/mol. The molecule has 1 heterocycles. The van der Waals surface area contributed by atoms with E-state index < -0.39 is 27.7 Å². The monoisotopic (exact) mass is 425 g/mol. The number of sulfone groups is 1. The number of ether oxygens (including phenoxy) is 2. The summed E-state index contributed by atoms with van der Waals surface area (Å²) in [6.45, 7) is 3.05. The molecule has 1 aromatic carbocycles. The maximum Gasteiger partial charge on any atom is 0.348 e. The summed E-state index contributed by atoms with van der Waals surface area (Å²) in [6, 6.07) is 5.57. The lowest BCUT2D eigenvalue weighted by atomic mass is 10.1. The van der Waals surface area contributed by atoms with Gasteiger partial charge in [0.1, 0.15) is 9.88 Å². The van der Waals surface area contributed by atoms with Crippen LogP contribution in [0.3, 0.4) is 0 Å². The molecule has 0 aliphatic rings. The fourth-order valence-electron chi connectivity index (χ4n) is 2.41. The molecule has 0 atom stereocenters. The minimum Gasteiger partial charge on any atom is -0.465 e. The van der Waals surface area contributed by atoms with Gasteiger partial charge in [0.05, 0.1) is 30.4 Å². The molecule has 10 heteroatoms. The summed E-state index contributed by atoms with van der Waals surface area (Å²) in [5, 5.41) is 2.66. The number of hydrogen-bond donors (Lipinski definition) is 1. The van der Waals surface area contributed by atoms with E-state index in [1.807, 2.05) is 0 Å². The Balaban J connectivity index is 2.45. The second-order valence-electron chi connectivity index (χ2n) is 5.63. The zero-order valence-corrected chi connectivity index (χ0v) is 17.3. The van der Waals surface area contributed by atoms with E-state index in [4.69, 9.17) is 9.47 Å². The molecule has 1 N–H and O–H groups in total. The summed E-state index contributed by atoms with van der Waals surface area (Å²) in [5.41, 5.74) is 0.455. The number of hydrogen-bond acceptors (Lipinski definition) is 8. The number of thiophene rings is 1. The topological polar surface area (TPSA) is 116 Å². The smallest absolute Gasteiger partial charge is 0.348 e. The normalized spacial score (nSPS) is 11.0. The molecule has 0 saturated heterocycles. The van der Waals surface area contributed by atoms with Crippen molar-refractivity contribution >= 4 is 44.0 Å². The lowest BCUT2D eigenvalue weighted by Crippen LogP contribution is -2.15. The Morgan fingerprint density at radius 1 is 1.11 bits per heavy atom. The van der Waals surface area contributed by atoms with E-state index in [0.29, 0.717) is 5.56 Å². The van der Waals surface area contributed by atoms with Crippen LogP contribution in [0.25, 0.3) is 0 Å². The van der Waals surface area contributed by atoms with Gasteiger partial charge in [0.25, 0.3) is 5.91 Å². The Labute approximate surface area is 166 Å². The van der Waals surface area contributed by atoms with Crippen molar-refractivity contribution in [1.82, 2.24) is 0 Å². The Hall–Kier alpha value is -2.72. The molecule has 8 nitrogen and oxygen atoms in total. The number of nitrogens with one attached hydrogen (secondary N) is 1. The van der Waals surface area contributed by atoms with E-state index in [1.165, 1.54) is 45.4 Å². The largest absolute Gasteiger partial charge is 0.465 e. The summed E-state index contributed by atoms with van der Waals surface area (Å²) in [5.74, 6) is -2.10. The zero-order valence-electron chi connectivity index (χ0n) is 15.7. The number of amides is 1. The van der Waals surface area contributed by atoms with Crippen molar-refractivity contribution in [2.45, 2.75) is 18.7 Å². The molecule has 0 aliphatic heterocycles. The third kappa shape index (κ3) is 4.23. The average molecular weight is 425 g/mol. The van der Waals surface area contributed by atoms with Gasteiger partial charge in [-0.2, -0.15) is 0 Å². The van der Waals surface area contributed by atoms with Crippen LogP contribution in [0.4, 0.5) is 5.00 Å². The molecule has 0 spiro atoms. The molecule has 150 valence electrons. The standard InChI is InChI=1S/C18H19NO7S2/c1-5-28(23,24)12-8-6-7-11(9-12)15(20)19-16-13(17(21)25-3)10(2)14(27-16)18(22)26-4/h6-9H,5H2,1-4H3,(H,19,20). The molecule has 0 unspecified atom stereocenters. The predicted molar refractivity (Wildman–Crippen MR) is 104 cm³/mol. The van der Waals surface area contributed by atoms with Crippen molar-refractivity contribution in [2.75, 3.05) is 25.3 Å². The fourth-order valence-corrected chi connectivity index (χ4v) is 4.44. The minimum absolute atomic E-state index is 0.0217. The van der Waals surface area contributed by atoms with Gasteiger partial charge in [0.15, 0.2) is 9.84 Å². The van der Waals surface area contributed by atoms with Crippen LogP contribution in [0, 0.1) is 6.92 Å². The Morgan fingerprint density at radius 2 is 1.75 bits per heavy atom. The lowest BCUT2D eigenvalue weighted by Gasteiger charge is -2.08. The summed E-state index contributed by atoms with van der Waals surface area (Å²) in [4.78, 5) is 36.8. The number of carbonyl (C=O) groups is 3. The molecule has 28 heavy (non-hydrogen) atoms. The third-order valence-corrected chi connectivity index (χ3v) is 6.89. The van der Waals surface area contributed by atoms with Gasteiger partial charge < -0.3 is 14.8 Å². The van der Waals surface area contributed by atoms with Crippen LogP contribution < -0.4 is 5.32 Å². The summed E-state index contributed by atoms with van der Waals surface area (Å²) in [6.07, 6.45) is 0. The molecule has 0 radical (unpaired) electrons. The van der Waals surface area contributed by atoms with E-state index in [9.17, 15) is 22.8 Å². The van der Waals surface area contributed by atoms with E-state index in [-0.39, 0.29) is 31.7 Å². The maximum atomic E-state index is 12.6. The van der Waals surface area contributed by atoms with Gasteiger partial charge in [-0.3, -0.25) is 4.79 Å². The van der Waals surface area contributed by atoms with E-state index in [0.717, 1.165) is 11.3 Å². The van der Waals surface area contributed by atoms with Crippen molar-refractivity contribution in [3.05, 3.63) is 45.8 Å². The lowest BCUT2D eigenvalue weighted by molar-refractivity contribution is 0.0601. The van der Waals surface area contributed by atoms with E-state index >= 15 is 0 Å². The first-order valence-electron chi connectivity index (χ1n) is 8.10. The van der Waals surface area contributed by atoms with Crippen LogP contribution in [0.1, 0.15) is 42.9 Å². The average Bonchev–Trinajstić information content (AvgIpc) is 3.02. The van der Waals surface area contributed by atoms with Gasteiger partial charge in [-0.05, 0) is 30.7 Å². The van der Waals surface area contributed by atoms with Crippen molar-refractivity contribution in [2.24, 2.45) is 0 Å². The van der Waals surface area contributed by atoms with Crippen LogP contribution >= 0.6 is 11.3 Å². The highest BCUT2D eigenvalue weighted by Crippen LogP contribution is 2.34. The van der Waals surface area contributed by atoms with Crippen molar-refractivity contribution < 1.29 is 32.3 Å². The number of methoxy groups -OCH3 is 2. The number of anilines is 1. The van der Waals surface area contributed by atoms with Gasteiger partial charge in [0.2, 0.25) is 0 Å². The van der Waals surface area contributed by atoms with Crippen molar-refractivity contribution in [1.29, 1.82) is 0 Å². The predicted octanol–water partition coefficient (Wildman–Crippen LogP) is 2.68. The fraction of sp³-hybridized carbons (Fsp3) is 0.278. The number of esters is 2. The van der Waals surface area contributed by atoms with Crippen LogP contribution in [0.2, 0.25) is 0 Å². The first kappa shape index (κ1) is 21.6. The Morgan fingerprint density at radius 3 is 2.32 bits per heavy atom. The molecule has 1 amide bonds. The first-order valence-corrected chi connectivity index (χ1v) is 10.6. The first-order chi connectivity index (χ1) is 13.2.